The Kier molecular flexibility index (Phi) is 8.07. The van der Waals surface area contributed by atoms with Crippen LogP contribution in [0, 0.1) is 5.92 Å². The van der Waals surface area contributed by atoms with Gasteiger partial charge in [-0.2, -0.15) is 0 Å². The Morgan fingerprint density at radius 1 is 1.00 bits per heavy atom. The van der Waals surface area contributed by atoms with E-state index in [0.29, 0.717) is 29.6 Å². The van der Waals surface area contributed by atoms with Crippen molar-refractivity contribution in [3.63, 3.8) is 0 Å². The van der Waals surface area contributed by atoms with E-state index in [1.807, 2.05) is 6.07 Å². The van der Waals surface area contributed by atoms with Gasteiger partial charge in [-0.25, -0.2) is 4.79 Å². The molecule has 0 heterocycles. The second-order valence-electron chi connectivity index (χ2n) is 7.33. The normalized spacial score (nSPS) is 11.7. The van der Waals surface area contributed by atoms with Crippen molar-refractivity contribution in [1.82, 2.24) is 4.90 Å². The fourth-order valence-corrected chi connectivity index (χ4v) is 2.62. The Morgan fingerprint density at radius 3 is 2.28 bits per heavy atom. The summed E-state index contributed by atoms with van der Waals surface area (Å²) in [6.07, 6.45) is -0.107. The molecule has 0 aliphatic rings. The standard InChI is InChI=1S/C23H29NO5/c1-16(2)13-14-28-19-12-11-18(15-20(19)27-5)23(26)29-21(22(25)24(3)4)17-9-7-6-8-10-17/h6-12,15-16,21H,13-14H2,1-5H3. The summed E-state index contributed by atoms with van der Waals surface area (Å²) >= 11 is 0. The minimum atomic E-state index is -1.02. The highest BCUT2D eigenvalue weighted by atomic mass is 16.5. The third-order valence-corrected chi connectivity index (χ3v) is 4.34. The summed E-state index contributed by atoms with van der Waals surface area (Å²) in [5, 5.41) is 0. The molecule has 2 rings (SSSR count). The Morgan fingerprint density at radius 2 is 1.69 bits per heavy atom. The Labute approximate surface area is 172 Å². The van der Waals surface area contributed by atoms with Crippen molar-refractivity contribution in [2.45, 2.75) is 26.4 Å². The number of nitrogens with zero attached hydrogens (tertiary/aromatic N) is 1. The van der Waals surface area contributed by atoms with Crippen molar-refractivity contribution in [1.29, 1.82) is 0 Å². The first-order valence-corrected chi connectivity index (χ1v) is 9.61. The molecule has 0 N–H and O–H groups in total. The van der Waals surface area contributed by atoms with Crippen LogP contribution in [0.25, 0.3) is 0 Å². The second kappa shape index (κ2) is 10.5. The van der Waals surface area contributed by atoms with E-state index < -0.39 is 12.1 Å². The lowest BCUT2D eigenvalue weighted by Crippen LogP contribution is -2.31. The number of hydrogen-bond acceptors (Lipinski definition) is 5. The van der Waals surface area contributed by atoms with Crippen LogP contribution in [-0.2, 0) is 9.53 Å². The summed E-state index contributed by atoms with van der Waals surface area (Å²) in [5.74, 6) is 0.609. The molecule has 6 nitrogen and oxygen atoms in total. The molecule has 1 atom stereocenters. The third-order valence-electron chi connectivity index (χ3n) is 4.34. The van der Waals surface area contributed by atoms with Gasteiger partial charge in [-0.3, -0.25) is 4.79 Å². The average molecular weight is 399 g/mol. The number of methoxy groups -OCH3 is 1. The van der Waals surface area contributed by atoms with Gasteiger partial charge in [0.15, 0.2) is 11.5 Å². The van der Waals surface area contributed by atoms with Crippen molar-refractivity contribution in [2.24, 2.45) is 5.92 Å². The number of carbonyl (C=O) groups is 2. The van der Waals surface area contributed by atoms with Gasteiger partial charge in [0.05, 0.1) is 19.3 Å². The largest absolute Gasteiger partial charge is 0.493 e. The highest BCUT2D eigenvalue weighted by Crippen LogP contribution is 2.30. The number of carbonyl (C=O) groups excluding carboxylic acids is 2. The van der Waals surface area contributed by atoms with Crippen LogP contribution in [0.1, 0.15) is 42.3 Å². The first kappa shape index (κ1) is 22.3. The van der Waals surface area contributed by atoms with E-state index in [1.165, 1.54) is 12.0 Å². The van der Waals surface area contributed by atoms with Gasteiger partial charge >= 0.3 is 5.97 Å². The number of hydrogen-bond donors (Lipinski definition) is 0. The molecule has 0 saturated heterocycles. The number of amides is 1. The first-order valence-electron chi connectivity index (χ1n) is 9.61. The summed E-state index contributed by atoms with van der Waals surface area (Å²) in [4.78, 5) is 26.7. The molecule has 1 amide bonds. The number of ether oxygens (including phenoxy) is 3. The lowest BCUT2D eigenvalue weighted by Gasteiger charge is -2.21. The van der Waals surface area contributed by atoms with Gasteiger partial charge in [-0.15, -0.1) is 0 Å². The monoisotopic (exact) mass is 399 g/mol. The molecule has 0 aliphatic heterocycles. The van der Waals surface area contributed by atoms with E-state index in [1.54, 1.807) is 56.6 Å². The van der Waals surface area contributed by atoms with Crippen LogP contribution in [0.4, 0.5) is 0 Å². The molecule has 0 fully saturated rings. The van der Waals surface area contributed by atoms with Gasteiger partial charge < -0.3 is 19.1 Å². The minimum absolute atomic E-state index is 0.283. The summed E-state index contributed by atoms with van der Waals surface area (Å²) in [6, 6.07) is 13.8. The molecule has 0 saturated carbocycles. The van der Waals surface area contributed by atoms with Gasteiger partial charge in [0.2, 0.25) is 6.10 Å². The molecular weight excluding hydrogens is 370 g/mol. The third kappa shape index (κ3) is 6.24. The zero-order chi connectivity index (χ0) is 21.4. The van der Waals surface area contributed by atoms with Gasteiger partial charge in [0.25, 0.3) is 5.91 Å². The number of rotatable bonds is 9. The van der Waals surface area contributed by atoms with Crippen molar-refractivity contribution in [3.8, 4) is 11.5 Å². The molecule has 0 aromatic heterocycles. The van der Waals surface area contributed by atoms with Gasteiger partial charge in [-0.1, -0.05) is 44.2 Å². The Hall–Kier alpha value is -3.02. The summed E-state index contributed by atoms with van der Waals surface area (Å²) in [7, 11) is 4.76. The summed E-state index contributed by atoms with van der Waals surface area (Å²) in [6.45, 7) is 4.81. The molecule has 2 aromatic carbocycles. The highest BCUT2D eigenvalue weighted by Gasteiger charge is 2.27. The summed E-state index contributed by atoms with van der Waals surface area (Å²) in [5.41, 5.74) is 0.894. The molecule has 0 radical (unpaired) electrons. The predicted molar refractivity (Wildman–Crippen MR) is 111 cm³/mol. The van der Waals surface area contributed by atoms with Crippen molar-refractivity contribution in [3.05, 3.63) is 59.7 Å². The van der Waals surface area contributed by atoms with Crippen molar-refractivity contribution >= 4 is 11.9 Å². The maximum atomic E-state index is 12.7. The number of likely N-dealkylation sites (N-methyl/N-ethyl adjacent to an activating group) is 1. The highest BCUT2D eigenvalue weighted by molar-refractivity contribution is 5.93. The van der Waals surface area contributed by atoms with Crippen LogP contribution in [0.3, 0.4) is 0 Å². The van der Waals surface area contributed by atoms with Gasteiger partial charge in [0.1, 0.15) is 0 Å². The van der Waals surface area contributed by atoms with Crippen molar-refractivity contribution < 1.29 is 23.8 Å². The second-order valence-corrected chi connectivity index (χ2v) is 7.33. The molecule has 2 aromatic rings. The Bertz CT molecular complexity index is 817. The zero-order valence-electron chi connectivity index (χ0n) is 17.7. The lowest BCUT2D eigenvalue weighted by molar-refractivity contribution is -0.138. The topological polar surface area (TPSA) is 65.1 Å². The van der Waals surface area contributed by atoms with E-state index >= 15 is 0 Å². The smallest absolute Gasteiger partial charge is 0.339 e. The lowest BCUT2D eigenvalue weighted by atomic mass is 10.1. The van der Waals surface area contributed by atoms with Crippen LogP contribution in [0.15, 0.2) is 48.5 Å². The molecule has 1 unspecified atom stereocenters. The van der Waals surface area contributed by atoms with Gasteiger partial charge in [0, 0.05) is 19.7 Å². The van der Waals surface area contributed by atoms with E-state index in [2.05, 4.69) is 13.8 Å². The van der Waals surface area contributed by atoms with E-state index in [9.17, 15) is 9.59 Å². The van der Waals surface area contributed by atoms with Crippen LogP contribution >= 0.6 is 0 Å². The van der Waals surface area contributed by atoms with Crippen LogP contribution in [0.2, 0.25) is 0 Å². The fraction of sp³-hybridized carbons (Fsp3) is 0.391. The molecule has 6 heteroatoms. The molecule has 0 bridgehead atoms. The van der Waals surface area contributed by atoms with E-state index in [4.69, 9.17) is 14.2 Å². The first-order chi connectivity index (χ1) is 13.8. The van der Waals surface area contributed by atoms with Crippen LogP contribution < -0.4 is 9.47 Å². The SMILES string of the molecule is COc1cc(C(=O)OC(C(=O)N(C)C)c2ccccc2)ccc1OCCC(C)C. The maximum absolute atomic E-state index is 12.7. The molecular formula is C23H29NO5. The fourth-order valence-electron chi connectivity index (χ4n) is 2.62. The molecule has 0 spiro atoms. The molecule has 156 valence electrons. The molecule has 0 aliphatic carbocycles. The van der Waals surface area contributed by atoms with Gasteiger partial charge in [-0.05, 0) is 30.5 Å². The van der Waals surface area contributed by atoms with Crippen molar-refractivity contribution in [2.75, 3.05) is 27.8 Å². The van der Waals surface area contributed by atoms with E-state index in [-0.39, 0.29) is 11.5 Å². The maximum Gasteiger partial charge on any atom is 0.339 e. The minimum Gasteiger partial charge on any atom is -0.493 e. The average Bonchev–Trinajstić information content (AvgIpc) is 2.71. The number of benzene rings is 2. The van der Waals surface area contributed by atoms with E-state index in [0.717, 1.165) is 6.42 Å². The predicted octanol–water partition coefficient (Wildman–Crippen LogP) is 4.11. The van der Waals surface area contributed by atoms with Crippen LogP contribution in [0.5, 0.6) is 11.5 Å². The van der Waals surface area contributed by atoms with Crippen LogP contribution in [-0.4, -0.2) is 44.6 Å². The quantitative estimate of drug-likeness (QED) is 0.594. The molecule has 29 heavy (non-hydrogen) atoms. The summed E-state index contributed by atoms with van der Waals surface area (Å²) < 4.78 is 16.7. The number of esters is 1. The Balaban J connectivity index is 2.20. The zero-order valence-corrected chi connectivity index (χ0v) is 17.7.